The van der Waals surface area contributed by atoms with E-state index in [2.05, 4.69) is 15.2 Å². The molecule has 1 aliphatic heterocycles. The molecule has 2 heterocycles. The van der Waals surface area contributed by atoms with Gasteiger partial charge in [-0.05, 0) is 56.6 Å². The first kappa shape index (κ1) is 22.8. The van der Waals surface area contributed by atoms with Crippen molar-refractivity contribution in [3.05, 3.63) is 59.1 Å². The molecular weight excluding hydrogens is 444 g/mol. The molecule has 0 bridgehead atoms. The largest absolute Gasteiger partial charge is 0.354 e. The highest BCUT2D eigenvalue weighted by Crippen LogP contribution is 2.27. The maximum atomic E-state index is 13.5. The Kier molecular flexibility index (Phi) is 7.20. The van der Waals surface area contributed by atoms with E-state index in [4.69, 9.17) is 0 Å². The van der Waals surface area contributed by atoms with E-state index < -0.39 is 10.0 Å². The molecule has 0 atom stereocenters. The third-order valence-electron chi connectivity index (χ3n) is 5.58. The van der Waals surface area contributed by atoms with Crippen molar-refractivity contribution in [1.29, 1.82) is 0 Å². The van der Waals surface area contributed by atoms with Gasteiger partial charge in [0, 0.05) is 19.6 Å². The van der Waals surface area contributed by atoms with Crippen molar-refractivity contribution in [2.24, 2.45) is 0 Å². The summed E-state index contributed by atoms with van der Waals surface area (Å²) in [5.74, 6) is -0.293. The van der Waals surface area contributed by atoms with Crippen molar-refractivity contribution >= 4 is 37.5 Å². The average Bonchev–Trinajstić information content (AvgIpc) is 3.42. The van der Waals surface area contributed by atoms with Gasteiger partial charge in [0.1, 0.15) is 0 Å². The Morgan fingerprint density at radius 1 is 1.16 bits per heavy atom. The van der Waals surface area contributed by atoms with E-state index in [9.17, 15) is 13.2 Å². The van der Waals surface area contributed by atoms with Crippen LogP contribution in [0.1, 0.15) is 23.4 Å². The first-order valence-corrected chi connectivity index (χ1v) is 13.1. The van der Waals surface area contributed by atoms with Crippen molar-refractivity contribution in [3.63, 3.8) is 0 Å². The second-order valence-corrected chi connectivity index (χ2v) is 11.2. The molecule has 3 aromatic rings. The number of nitrogens with one attached hydrogen (secondary N) is 1. The second kappa shape index (κ2) is 10.1. The molecule has 9 heteroatoms. The zero-order chi connectivity index (χ0) is 22.6. The second-order valence-electron chi connectivity index (χ2n) is 8.02. The standard InChI is InChI=1S/C23H28N4O3S2/c1-18-25-21-10-9-20(15-22(21)31-18)32(29,30)27(16-19-7-3-2-4-8-19)17-23(28)24-11-14-26-12-5-6-13-26/h2-4,7-10,15H,5-6,11-14,16-17H2,1H3,(H,24,28). The van der Waals surface area contributed by atoms with Crippen LogP contribution >= 0.6 is 11.3 Å². The highest BCUT2D eigenvalue weighted by Gasteiger charge is 2.27. The molecule has 0 aliphatic carbocycles. The maximum Gasteiger partial charge on any atom is 0.243 e. The van der Waals surface area contributed by atoms with Crippen LogP contribution in [-0.4, -0.2) is 61.2 Å². The summed E-state index contributed by atoms with van der Waals surface area (Å²) in [5, 5.41) is 3.77. The lowest BCUT2D eigenvalue weighted by Gasteiger charge is -2.22. The van der Waals surface area contributed by atoms with Crippen molar-refractivity contribution in [2.45, 2.75) is 31.2 Å². The van der Waals surface area contributed by atoms with Crippen molar-refractivity contribution in [2.75, 3.05) is 32.7 Å². The molecule has 7 nitrogen and oxygen atoms in total. The van der Waals surface area contributed by atoms with Gasteiger partial charge in [0.2, 0.25) is 15.9 Å². The van der Waals surface area contributed by atoms with Gasteiger partial charge >= 0.3 is 0 Å². The molecule has 0 radical (unpaired) electrons. The normalized spacial score (nSPS) is 14.9. The van der Waals surface area contributed by atoms with Crippen LogP contribution < -0.4 is 5.32 Å². The highest BCUT2D eigenvalue weighted by atomic mass is 32.2. The van der Waals surface area contributed by atoms with Gasteiger partial charge in [0.15, 0.2) is 0 Å². The monoisotopic (exact) mass is 472 g/mol. The summed E-state index contributed by atoms with van der Waals surface area (Å²) in [7, 11) is -3.88. The van der Waals surface area contributed by atoms with E-state index >= 15 is 0 Å². The van der Waals surface area contributed by atoms with E-state index in [-0.39, 0.29) is 23.9 Å². The molecule has 0 spiro atoms. The lowest BCUT2D eigenvalue weighted by Crippen LogP contribution is -2.42. The van der Waals surface area contributed by atoms with Crippen LogP contribution in [0, 0.1) is 6.92 Å². The van der Waals surface area contributed by atoms with E-state index in [0.29, 0.717) is 6.54 Å². The molecular formula is C23H28N4O3S2. The van der Waals surface area contributed by atoms with Crippen LogP contribution in [0.25, 0.3) is 10.2 Å². The van der Waals surface area contributed by atoms with Gasteiger partial charge in [0.25, 0.3) is 0 Å². The minimum atomic E-state index is -3.88. The fourth-order valence-electron chi connectivity index (χ4n) is 3.92. The molecule has 1 amide bonds. The van der Waals surface area contributed by atoms with Crippen LogP contribution in [0.2, 0.25) is 0 Å². The summed E-state index contributed by atoms with van der Waals surface area (Å²) in [6, 6.07) is 14.3. The summed E-state index contributed by atoms with van der Waals surface area (Å²) in [6.07, 6.45) is 2.39. The molecule has 4 rings (SSSR count). The Morgan fingerprint density at radius 2 is 1.91 bits per heavy atom. The van der Waals surface area contributed by atoms with E-state index in [1.54, 1.807) is 18.2 Å². The molecule has 2 aromatic carbocycles. The summed E-state index contributed by atoms with van der Waals surface area (Å²) in [6.45, 7) is 5.23. The van der Waals surface area contributed by atoms with Crippen molar-refractivity contribution < 1.29 is 13.2 Å². The molecule has 1 saturated heterocycles. The number of hydrogen-bond donors (Lipinski definition) is 1. The molecule has 170 valence electrons. The Morgan fingerprint density at radius 3 is 2.66 bits per heavy atom. The number of thiazole rings is 1. The number of benzene rings is 2. The van der Waals surface area contributed by atoms with Crippen LogP contribution in [0.15, 0.2) is 53.4 Å². The summed E-state index contributed by atoms with van der Waals surface area (Å²) >= 11 is 1.46. The summed E-state index contributed by atoms with van der Waals surface area (Å²) < 4.78 is 29.1. The van der Waals surface area contributed by atoms with Gasteiger partial charge in [-0.25, -0.2) is 13.4 Å². The Bertz CT molecular complexity index is 1170. The third kappa shape index (κ3) is 5.53. The predicted octanol–water partition coefficient (Wildman–Crippen LogP) is 3.01. The van der Waals surface area contributed by atoms with E-state index in [0.717, 1.165) is 40.4 Å². The lowest BCUT2D eigenvalue weighted by molar-refractivity contribution is -0.121. The SMILES string of the molecule is Cc1nc2ccc(S(=O)(=O)N(CC(=O)NCCN3CCCC3)Cc3ccccc3)cc2s1. The highest BCUT2D eigenvalue weighted by molar-refractivity contribution is 7.89. The molecule has 0 saturated carbocycles. The Labute approximate surface area is 193 Å². The van der Waals surface area contributed by atoms with Gasteiger partial charge in [0.05, 0.1) is 26.7 Å². The first-order chi connectivity index (χ1) is 15.4. The van der Waals surface area contributed by atoms with E-state index in [1.165, 1.54) is 28.5 Å². The first-order valence-electron chi connectivity index (χ1n) is 10.8. The molecule has 1 aliphatic rings. The number of hydrogen-bond acceptors (Lipinski definition) is 6. The number of fused-ring (bicyclic) bond motifs is 1. The summed E-state index contributed by atoms with van der Waals surface area (Å²) in [5.41, 5.74) is 1.61. The number of carbonyl (C=O) groups is 1. The average molecular weight is 473 g/mol. The molecule has 0 unspecified atom stereocenters. The maximum absolute atomic E-state index is 13.5. The zero-order valence-corrected chi connectivity index (χ0v) is 19.8. The number of aromatic nitrogens is 1. The van der Waals surface area contributed by atoms with Gasteiger partial charge in [-0.3, -0.25) is 4.79 Å². The number of likely N-dealkylation sites (tertiary alicyclic amines) is 1. The minimum absolute atomic E-state index is 0.127. The fraction of sp³-hybridized carbons (Fsp3) is 0.391. The number of sulfonamides is 1. The fourth-order valence-corrected chi connectivity index (χ4v) is 6.27. The van der Waals surface area contributed by atoms with Crippen LogP contribution in [0.3, 0.4) is 0 Å². The molecule has 1 aromatic heterocycles. The van der Waals surface area contributed by atoms with Crippen molar-refractivity contribution in [3.8, 4) is 0 Å². The van der Waals surface area contributed by atoms with Crippen molar-refractivity contribution in [1.82, 2.24) is 19.5 Å². The Hall–Kier alpha value is -2.33. The smallest absolute Gasteiger partial charge is 0.243 e. The predicted molar refractivity (Wildman–Crippen MR) is 127 cm³/mol. The van der Waals surface area contributed by atoms with Crippen LogP contribution in [-0.2, 0) is 21.4 Å². The molecule has 32 heavy (non-hydrogen) atoms. The number of nitrogens with zero attached hydrogens (tertiary/aromatic N) is 3. The zero-order valence-electron chi connectivity index (χ0n) is 18.2. The van der Waals surface area contributed by atoms with Crippen LogP contribution in [0.4, 0.5) is 0 Å². The van der Waals surface area contributed by atoms with Gasteiger partial charge in [-0.1, -0.05) is 30.3 Å². The van der Waals surface area contributed by atoms with Gasteiger partial charge in [-0.2, -0.15) is 4.31 Å². The Balaban J connectivity index is 1.52. The number of carbonyl (C=O) groups excluding carboxylic acids is 1. The van der Waals surface area contributed by atoms with E-state index in [1.807, 2.05) is 37.3 Å². The van der Waals surface area contributed by atoms with Gasteiger partial charge < -0.3 is 10.2 Å². The minimum Gasteiger partial charge on any atom is -0.354 e. The summed E-state index contributed by atoms with van der Waals surface area (Å²) in [4.78, 5) is 19.6. The molecule has 1 fully saturated rings. The number of aryl methyl sites for hydroxylation is 1. The topological polar surface area (TPSA) is 82.6 Å². The third-order valence-corrected chi connectivity index (χ3v) is 8.30. The number of rotatable bonds is 9. The quantitative estimate of drug-likeness (QED) is 0.518. The lowest BCUT2D eigenvalue weighted by atomic mass is 10.2. The van der Waals surface area contributed by atoms with Crippen LogP contribution in [0.5, 0.6) is 0 Å². The molecule has 1 N–H and O–H groups in total. The van der Waals surface area contributed by atoms with Gasteiger partial charge in [-0.15, -0.1) is 11.3 Å². The number of amides is 1.